The first kappa shape index (κ1) is 13.5. The molecule has 2 rings (SSSR count). The summed E-state index contributed by atoms with van der Waals surface area (Å²) >= 11 is 1.28. The molecule has 1 N–H and O–H groups in total. The molecule has 0 bridgehead atoms. The van der Waals surface area contributed by atoms with Gasteiger partial charge in [-0.15, -0.1) is 0 Å². The minimum absolute atomic E-state index is 0.249. The summed E-state index contributed by atoms with van der Waals surface area (Å²) in [6.07, 6.45) is 0. The van der Waals surface area contributed by atoms with Crippen LogP contribution in [0.25, 0.3) is 0 Å². The van der Waals surface area contributed by atoms with Crippen LogP contribution in [0.2, 0.25) is 0 Å². The number of hydrogen-bond acceptors (Lipinski definition) is 4. The van der Waals surface area contributed by atoms with Gasteiger partial charge in [-0.2, -0.15) is 0 Å². The van der Waals surface area contributed by atoms with E-state index in [1.165, 1.54) is 11.8 Å². The van der Waals surface area contributed by atoms with Crippen molar-refractivity contribution in [1.29, 1.82) is 0 Å². The van der Waals surface area contributed by atoms with E-state index in [9.17, 15) is 9.90 Å². The number of hydrogen-bond donors (Lipinski definition) is 1. The molecule has 0 aliphatic heterocycles. The van der Waals surface area contributed by atoms with Crippen molar-refractivity contribution in [3.8, 4) is 0 Å². The molecule has 19 heavy (non-hydrogen) atoms. The van der Waals surface area contributed by atoms with Gasteiger partial charge in [-0.05, 0) is 56.3 Å². The zero-order valence-corrected chi connectivity index (χ0v) is 11.8. The van der Waals surface area contributed by atoms with E-state index in [0.29, 0.717) is 5.03 Å². The molecule has 0 spiro atoms. The van der Waals surface area contributed by atoms with Gasteiger partial charge in [0.25, 0.3) is 0 Å². The zero-order chi connectivity index (χ0) is 14.0. The second kappa shape index (κ2) is 5.40. The molecule has 2 aromatic heterocycles. The molecule has 0 saturated heterocycles. The summed E-state index contributed by atoms with van der Waals surface area (Å²) in [4.78, 5) is 20.0. The van der Waals surface area contributed by atoms with Crippen LogP contribution in [0, 0.1) is 20.8 Å². The summed E-state index contributed by atoms with van der Waals surface area (Å²) in [6, 6.07) is 7.42. The van der Waals surface area contributed by atoms with E-state index in [0.717, 1.165) is 22.0 Å². The Kier molecular flexibility index (Phi) is 3.85. The number of carbonyl (C=O) groups is 1. The summed E-state index contributed by atoms with van der Waals surface area (Å²) in [6.45, 7) is 5.54. The van der Waals surface area contributed by atoms with Crippen molar-refractivity contribution in [2.45, 2.75) is 30.8 Å². The fourth-order valence-electron chi connectivity index (χ4n) is 1.81. The van der Waals surface area contributed by atoms with Crippen molar-refractivity contribution in [1.82, 2.24) is 9.97 Å². The summed E-state index contributed by atoms with van der Waals surface area (Å²) in [7, 11) is 0. The number of nitrogens with zero attached hydrogens (tertiary/aromatic N) is 2. The van der Waals surface area contributed by atoms with Crippen LogP contribution in [-0.2, 0) is 0 Å². The number of aromatic nitrogens is 2. The molecule has 2 aromatic rings. The number of aryl methyl sites for hydroxylation is 3. The van der Waals surface area contributed by atoms with Crippen molar-refractivity contribution in [2.75, 3.05) is 0 Å². The Labute approximate surface area is 115 Å². The second-order valence-corrected chi connectivity index (χ2v) is 5.29. The van der Waals surface area contributed by atoms with Crippen LogP contribution in [0.4, 0.5) is 0 Å². The predicted molar refractivity (Wildman–Crippen MR) is 73.8 cm³/mol. The molecule has 0 aliphatic carbocycles. The Balaban J connectivity index is 2.47. The molecule has 0 radical (unpaired) electrons. The summed E-state index contributed by atoms with van der Waals surface area (Å²) in [5, 5.41) is 10.5. The highest BCUT2D eigenvalue weighted by Gasteiger charge is 2.17. The number of carboxylic acids is 1. The van der Waals surface area contributed by atoms with Gasteiger partial charge in [0.1, 0.15) is 10.1 Å². The average molecular weight is 274 g/mol. The van der Waals surface area contributed by atoms with E-state index in [-0.39, 0.29) is 5.56 Å². The minimum atomic E-state index is -0.958. The number of rotatable bonds is 3. The smallest absolute Gasteiger partial charge is 0.338 e. The molecule has 0 aliphatic rings. The van der Waals surface area contributed by atoms with Gasteiger partial charge < -0.3 is 5.11 Å². The fraction of sp³-hybridized carbons (Fsp3) is 0.214. The van der Waals surface area contributed by atoms with Crippen molar-refractivity contribution in [3.63, 3.8) is 0 Å². The first-order chi connectivity index (χ1) is 8.97. The maximum atomic E-state index is 11.3. The number of carboxylic acid groups (broad SMARTS) is 1. The molecule has 5 heteroatoms. The van der Waals surface area contributed by atoms with Gasteiger partial charge in [-0.3, -0.25) is 0 Å². The number of aromatic carboxylic acids is 1. The van der Waals surface area contributed by atoms with Crippen molar-refractivity contribution < 1.29 is 9.90 Å². The lowest BCUT2D eigenvalue weighted by molar-refractivity contribution is 0.0691. The van der Waals surface area contributed by atoms with Crippen LogP contribution in [0.1, 0.15) is 27.3 Å². The largest absolute Gasteiger partial charge is 0.478 e. The maximum Gasteiger partial charge on any atom is 0.338 e. The van der Waals surface area contributed by atoms with Gasteiger partial charge in [-0.25, -0.2) is 14.8 Å². The Morgan fingerprint density at radius 1 is 1.16 bits per heavy atom. The van der Waals surface area contributed by atoms with Gasteiger partial charge in [0.2, 0.25) is 0 Å². The van der Waals surface area contributed by atoms with Crippen LogP contribution < -0.4 is 0 Å². The Morgan fingerprint density at radius 2 is 1.89 bits per heavy atom. The molecule has 0 fully saturated rings. The number of pyridine rings is 2. The summed E-state index contributed by atoms with van der Waals surface area (Å²) < 4.78 is 0. The van der Waals surface area contributed by atoms with Gasteiger partial charge in [0, 0.05) is 11.4 Å². The summed E-state index contributed by atoms with van der Waals surface area (Å²) in [5.74, 6) is -0.958. The molecule has 0 unspecified atom stereocenters. The van der Waals surface area contributed by atoms with Crippen molar-refractivity contribution in [2.24, 2.45) is 0 Å². The highest BCUT2D eigenvalue weighted by Crippen LogP contribution is 2.29. The van der Waals surface area contributed by atoms with E-state index in [1.54, 1.807) is 13.0 Å². The summed E-state index contributed by atoms with van der Waals surface area (Å²) in [5.41, 5.74) is 2.66. The lowest BCUT2D eigenvalue weighted by atomic mass is 10.1. The normalized spacial score (nSPS) is 10.5. The molecular formula is C14H14N2O2S. The third kappa shape index (κ3) is 3.12. The third-order valence-corrected chi connectivity index (χ3v) is 3.51. The predicted octanol–water partition coefficient (Wildman–Crippen LogP) is 3.25. The SMILES string of the molecule is Cc1cccc(Sc2nc(C)cc(C)c2C(=O)O)n1. The van der Waals surface area contributed by atoms with E-state index in [4.69, 9.17) is 0 Å². The molecule has 0 atom stereocenters. The van der Waals surface area contributed by atoms with E-state index >= 15 is 0 Å². The Bertz CT molecular complexity index is 641. The minimum Gasteiger partial charge on any atom is -0.478 e. The van der Waals surface area contributed by atoms with E-state index in [2.05, 4.69) is 9.97 Å². The molecule has 0 aromatic carbocycles. The van der Waals surface area contributed by atoms with Crippen LogP contribution >= 0.6 is 11.8 Å². The maximum absolute atomic E-state index is 11.3. The molecule has 0 saturated carbocycles. The molecule has 98 valence electrons. The standard InChI is InChI=1S/C14H14N2O2S/c1-8-7-10(3)16-13(12(8)14(17)18)19-11-6-4-5-9(2)15-11/h4-7H,1-3H3,(H,17,18). The average Bonchev–Trinajstić information content (AvgIpc) is 2.26. The highest BCUT2D eigenvalue weighted by molar-refractivity contribution is 7.99. The van der Waals surface area contributed by atoms with E-state index < -0.39 is 5.97 Å². The molecule has 0 amide bonds. The molecule has 2 heterocycles. The van der Waals surface area contributed by atoms with Crippen LogP contribution in [0.15, 0.2) is 34.3 Å². The first-order valence-electron chi connectivity index (χ1n) is 5.80. The topological polar surface area (TPSA) is 63.1 Å². The monoisotopic (exact) mass is 274 g/mol. The van der Waals surface area contributed by atoms with Crippen LogP contribution in [0.3, 0.4) is 0 Å². The lowest BCUT2D eigenvalue weighted by Crippen LogP contribution is -2.05. The lowest BCUT2D eigenvalue weighted by Gasteiger charge is -2.09. The fourth-order valence-corrected chi connectivity index (χ4v) is 2.88. The molecular weight excluding hydrogens is 260 g/mol. The molecule has 4 nitrogen and oxygen atoms in total. The second-order valence-electron chi connectivity index (χ2n) is 4.29. The quantitative estimate of drug-likeness (QED) is 0.930. The van der Waals surface area contributed by atoms with Gasteiger partial charge in [0.15, 0.2) is 0 Å². The van der Waals surface area contributed by atoms with Gasteiger partial charge >= 0.3 is 5.97 Å². The third-order valence-electron chi connectivity index (χ3n) is 2.59. The zero-order valence-electron chi connectivity index (χ0n) is 11.0. The van der Waals surface area contributed by atoms with Crippen LogP contribution in [0.5, 0.6) is 0 Å². The van der Waals surface area contributed by atoms with Crippen LogP contribution in [-0.4, -0.2) is 21.0 Å². The highest BCUT2D eigenvalue weighted by atomic mass is 32.2. The van der Waals surface area contributed by atoms with E-state index in [1.807, 2.05) is 32.0 Å². The van der Waals surface area contributed by atoms with Gasteiger partial charge in [0.05, 0.1) is 5.56 Å². The Morgan fingerprint density at radius 3 is 2.53 bits per heavy atom. The van der Waals surface area contributed by atoms with Gasteiger partial charge in [-0.1, -0.05) is 6.07 Å². The van der Waals surface area contributed by atoms with Crippen molar-refractivity contribution >= 4 is 17.7 Å². The van der Waals surface area contributed by atoms with Crippen molar-refractivity contribution in [3.05, 3.63) is 46.8 Å². The Hall–Kier alpha value is -1.88. The first-order valence-corrected chi connectivity index (χ1v) is 6.62.